The van der Waals surface area contributed by atoms with E-state index < -0.39 is 11.9 Å². The summed E-state index contributed by atoms with van der Waals surface area (Å²) in [7, 11) is 1.98. The van der Waals surface area contributed by atoms with E-state index in [0.717, 1.165) is 19.5 Å². The SMILES string of the molecule is CN1CCC(C(=O)NC2COCC2C(=O)O)C1. The normalized spacial score (nSPS) is 33.8. The van der Waals surface area contributed by atoms with Crippen molar-refractivity contribution in [1.82, 2.24) is 10.2 Å². The number of carboxylic acids is 1. The first kappa shape index (κ1) is 12.3. The predicted octanol–water partition coefficient (Wildman–Crippen LogP) is -0.846. The number of carbonyl (C=O) groups is 2. The van der Waals surface area contributed by atoms with Crippen LogP contribution in [-0.2, 0) is 14.3 Å². The van der Waals surface area contributed by atoms with Crippen molar-refractivity contribution in [3.05, 3.63) is 0 Å². The van der Waals surface area contributed by atoms with Crippen LogP contribution >= 0.6 is 0 Å². The summed E-state index contributed by atoms with van der Waals surface area (Å²) in [5.74, 6) is -1.58. The lowest BCUT2D eigenvalue weighted by atomic mass is 10.0. The Balaban J connectivity index is 1.88. The van der Waals surface area contributed by atoms with E-state index in [1.54, 1.807) is 0 Å². The third kappa shape index (κ3) is 2.76. The molecular weight excluding hydrogens is 224 g/mol. The lowest BCUT2D eigenvalue weighted by molar-refractivity contribution is -0.142. The van der Waals surface area contributed by atoms with Gasteiger partial charge in [-0.15, -0.1) is 0 Å². The highest BCUT2D eigenvalue weighted by atomic mass is 16.5. The van der Waals surface area contributed by atoms with Crippen LogP contribution < -0.4 is 5.32 Å². The maximum atomic E-state index is 11.9. The van der Waals surface area contributed by atoms with E-state index in [1.807, 2.05) is 7.05 Å². The number of hydrogen-bond donors (Lipinski definition) is 2. The van der Waals surface area contributed by atoms with Gasteiger partial charge < -0.3 is 20.1 Å². The third-order valence-corrected chi connectivity index (χ3v) is 3.49. The van der Waals surface area contributed by atoms with Gasteiger partial charge in [0.1, 0.15) is 5.92 Å². The van der Waals surface area contributed by atoms with E-state index >= 15 is 0 Å². The first-order valence-corrected chi connectivity index (χ1v) is 5.87. The van der Waals surface area contributed by atoms with Crippen LogP contribution in [0, 0.1) is 11.8 Å². The maximum absolute atomic E-state index is 11.9. The van der Waals surface area contributed by atoms with Crippen LogP contribution in [0.5, 0.6) is 0 Å². The van der Waals surface area contributed by atoms with Gasteiger partial charge in [0.05, 0.1) is 25.2 Å². The van der Waals surface area contributed by atoms with Gasteiger partial charge in [0.15, 0.2) is 0 Å². The van der Waals surface area contributed by atoms with Crippen LogP contribution in [0.15, 0.2) is 0 Å². The van der Waals surface area contributed by atoms with Gasteiger partial charge in [-0.3, -0.25) is 9.59 Å². The highest BCUT2D eigenvalue weighted by molar-refractivity contribution is 5.81. The van der Waals surface area contributed by atoms with Crippen LogP contribution in [0.3, 0.4) is 0 Å². The second-order valence-corrected chi connectivity index (χ2v) is 4.85. The van der Waals surface area contributed by atoms with Crippen molar-refractivity contribution < 1.29 is 19.4 Å². The van der Waals surface area contributed by atoms with Crippen LogP contribution in [-0.4, -0.2) is 61.3 Å². The highest BCUT2D eigenvalue weighted by Gasteiger charge is 2.37. The molecule has 2 aliphatic heterocycles. The Morgan fingerprint density at radius 3 is 2.76 bits per heavy atom. The highest BCUT2D eigenvalue weighted by Crippen LogP contribution is 2.18. The number of ether oxygens (including phenoxy) is 1. The number of rotatable bonds is 3. The van der Waals surface area contributed by atoms with Crippen molar-refractivity contribution in [3.8, 4) is 0 Å². The van der Waals surface area contributed by atoms with E-state index in [0.29, 0.717) is 6.61 Å². The summed E-state index contributed by atoms with van der Waals surface area (Å²) in [5.41, 5.74) is 0. The molecule has 6 heteroatoms. The largest absolute Gasteiger partial charge is 0.481 e. The van der Waals surface area contributed by atoms with Crippen LogP contribution in [0.2, 0.25) is 0 Å². The van der Waals surface area contributed by atoms with Crippen molar-refractivity contribution in [1.29, 1.82) is 0 Å². The van der Waals surface area contributed by atoms with Crippen LogP contribution in [0.25, 0.3) is 0 Å². The van der Waals surface area contributed by atoms with E-state index in [1.165, 1.54) is 0 Å². The molecule has 17 heavy (non-hydrogen) atoms. The molecule has 6 nitrogen and oxygen atoms in total. The number of nitrogens with zero attached hydrogens (tertiary/aromatic N) is 1. The van der Waals surface area contributed by atoms with E-state index in [2.05, 4.69) is 10.2 Å². The lowest BCUT2D eigenvalue weighted by Gasteiger charge is -2.18. The van der Waals surface area contributed by atoms with Crippen LogP contribution in [0.4, 0.5) is 0 Å². The molecule has 0 aromatic heterocycles. The molecule has 0 aliphatic carbocycles. The molecule has 3 atom stereocenters. The molecule has 0 radical (unpaired) electrons. The fourth-order valence-corrected chi connectivity index (χ4v) is 2.39. The van der Waals surface area contributed by atoms with Crippen molar-refractivity contribution in [3.63, 3.8) is 0 Å². The molecule has 1 amide bonds. The van der Waals surface area contributed by atoms with Gasteiger partial charge in [-0.25, -0.2) is 0 Å². The molecule has 96 valence electrons. The quantitative estimate of drug-likeness (QED) is 0.674. The lowest BCUT2D eigenvalue weighted by Crippen LogP contribution is -2.45. The minimum Gasteiger partial charge on any atom is -0.481 e. The standard InChI is InChI=1S/C11H18N2O4/c1-13-3-2-7(4-13)10(14)12-9-6-17-5-8(9)11(15)16/h7-9H,2-6H2,1H3,(H,12,14)(H,15,16). The Morgan fingerprint density at radius 2 is 2.18 bits per heavy atom. The van der Waals surface area contributed by atoms with Gasteiger partial charge in [0, 0.05) is 6.54 Å². The molecule has 2 saturated heterocycles. The molecule has 0 aromatic carbocycles. The molecule has 2 rings (SSSR count). The minimum atomic E-state index is -0.906. The number of likely N-dealkylation sites (tertiary alicyclic amines) is 1. The van der Waals surface area contributed by atoms with Crippen molar-refractivity contribution in [2.45, 2.75) is 12.5 Å². The molecular formula is C11H18N2O4. The number of nitrogens with one attached hydrogen (secondary N) is 1. The molecule has 2 aliphatic rings. The van der Waals surface area contributed by atoms with E-state index in [9.17, 15) is 9.59 Å². The second kappa shape index (κ2) is 5.01. The van der Waals surface area contributed by atoms with Gasteiger partial charge >= 0.3 is 5.97 Å². The monoisotopic (exact) mass is 242 g/mol. The summed E-state index contributed by atoms with van der Waals surface area (Å²) >= 11 is 0. The van der Waals surface area contributed by atoms with Gasteiger partial charge in [0.25, 0.3) is 0 Å². The summed E-state index contributed by atoms with van der Waals surface area (Å²) in [4.78, 5) is 25.0. The average molecular weight is 242 g/mol. The van der Waals surface area contributed by atoms with Crippen molar-refractivity contribution in [2.24, 2.45) is 11.8 Å². The van der Waals surface area contributed by atoms with Gasteiger partial charge in [-0.2, -0.15) is 0 Å². The van der Waals surface area contributed by atoms with Crippen LogP contribution in [0.1, 0.15) is 6.42 Å². The molecule has 0 saturated carbocycles. The Hall–Kier alpha value is -1.14. The maximum Gasteiger partial charge on any atom is 0.311 e. The Morgan fingerprint density at radius 1 is 1.41 bits per heavy atom. The zero-order valence-corrected chi connectivity index (χ0v) is 9.89. The second-order valence-electron chi connectivity index (χ2n) is 4.85. The minimum absolute atomic E-state index is 0.0185. The number of carbonyl (C=O) groups excluding carboxylic acids is 1. The Kier molecular flexibility index (Phi) is 3.63. The van der Waals surface area contributed by atoms with Crippen molar-refractivity contribution >= 4 is 11.9 Å². The number of carboxylic acid groups (broad SMARTS) is 1. The average Bonchev–Trinajstić information content (AvgIpc) is 2.86. The van der Waals surface area contributed by atoms with E-state index in [-0.39, 0.29) is 24.5 Å². The number of hydrogen-bond acceptors (Lipinski definition) is 4. The van der Waals surface area contributed by atoms with Crippen molar-refractivity contribution in [2.75, 3.05) is 33.4 Å². The molecule has 2 N–H and O–H groups in total. The summed E-state index contributed by atoms with van der Waals surface area (Å²) in [6.07, 6.45) is 0.841. The molecule has 3 unspecified atom stereocenters. The Labute approximate surface area is 99.9 Å². The number of amides is 1. The first-order valence-electron chi connectivity index (χ1n) is 5.87. The zero-order chi connectivity index (χ0) is 12.4. The number of aliphatic carboxylic acids is 1. The summed E-state index contributed by atoms with van der Waals surface area (Å²) in [5, 5.41) is 11.8. The topological polar surface area (TPSA) is 78.9 Å². The summed E-state index contributed by atoms with van der Waals surface area (Å²) in [6, 6.07) is -0.383. The zero-order valence-electron chi connectivity index (χ0n) is 9.89. The first-order chi connectivity index (χ1) is 8.08. The van der Waals surface area contributed by atoms with Gasteiger partial charge in [-0.1, -0.05) is 0 Å². The summed E-state index contributed by atoms with van der Waals surface area (Å²) in [6.45, 7) is 2.15. The fourth-order valence-electron chi connectivity index (χ4n) is 2.39. The Bertz CT molecular complexity index is 321. The molecule has 0 aromatic rings. The molecule has 0 spiro atoms. The summed E-state index contributed by atoms with van der Waals surface area (Å²) < 4.78 is 5.11. The predicted molar refractivity (Wildman–Crippen MR) is 59.5 cm³/mol. The van der Waals surface area contributed by atoms with E-state index in [4.69, 9.17) is 9.84 Å². The van der Waals surface area contributed by atoms with Gasteiger partial charge in [0.2, 0.25) is 5.91 Å². The molecule has 2 heterocycles. The fraction of sp³-hybridized carbons (Fsp3) is 0.818. The molecule has 2 fully saturated rings. The van der Waals surface area contributed by atoms with Gasteiger partial charge in [-0.05, 0) is 20.0 Å². The smallest absolute Gasteiger partial charge is 0.311 e. The molecule has 0 bridgehead atoms. The third-order valence-electron chi connectivity index (χ3n) is 3.49.